The van der Waals surface area contributed by atoms with Gasteiger partial charge in [0.2, 0.25) is 5.91 Å². The highest BCUT2D eigenvalue weighted by molar-refractivity contribution is 5.78. The van der Waals surface area contributed by atoms with Crippen LogP contribution in [0.2, 0.25) is 0 Å². The van der Waals surface area contributed by atoms with Crippen molar-refractivity contribution in [3.63, 3.8) is 0 Å². The smallest absolute Gasteiger partial charge is 0.236 e. The number of hydrogen-bond donors (Lipinski definition) is 0. The maximum absolute atomic E-state index is 13.1. The van der Waals surface area contributed by atoms with Gasteiger partial charge in [-0.05, 0) is 54.9 Å². The first-order valence-corrected chi connectivity index (χ1v) is 10.5. The number of methoxy groups -OCH3 is 2. The Morgan fingerprint density at radius 3 is 2.26 bits per heavy atom. The molecule has 0 N–H and O–H groups in total. The predicted octanol–water partition coefficient (Wildman–Crippen LogP) is 2.93. The van der Waals surface area contributed by atoms with Gasteiger partial charge >= 0.3 is 0 Å². The van der Waals surface area contributed by atoms with Crippen LogP contribution >= 0.6 is 0 Å². The van der Waals surface area contributed by atoms with Gasteiger partial charge in [-0.15, -0.1) is 0 Å². The summed E-state index contributed by atoms with van der Waals surface area (Å²) in [6, 6.07) is 10.5. The van der Waals surface area contributed by atoms with E-state index in [4.69, 9.17) is 9.47 Å². The van der Waals surface area contributed by atoms with Gasteiger partial charge in [-0.2, -0.15) is 0 Å². The molecule has 1 heterocycles. The SMILES string of the molecule is COc1cc(C)c(CN2CCN(C(=O)CN(C)Cc3ccc(F)cc3)CC2)cc1OC. The quantitative estimate of drug-likeness (QED) is 0.646. The number of amides is 1. The molecule has 2 aromatic rings. The monoisotopic (exact) mass is 429 g/mol. The Kier molecular flexibility index (Phi) is 7.87. The fraction of sp³-hybridized carbons (Fsp3) is 0.458. The van der Waals surface area contributed by atoms with Crippen molar-refractivity contribution in [3.8, 4) is 11.5 Å². The molecule has 0 bridgehead atoms. The topological polar surface area (TPSA) is 45.2 Å². The normalized spacial score (nSPS) is 14.7. The zero-order valence-corrected chi connectivity index (χ0v) is 18.9. The van der Waals surface area contributed by atoms with Gasteiger partial charge in [0.25, 0.3) is 0 Å². The molecule has 0 spiro atoms. The summed E-state index contributed by atoms with van der Waals surface area (Å²) in [7, 11) is 5.20. The lowest BCUT2D eigenvalue weighted by Crippen LogP contribution is -2.50. The molecule has 1 fully saturated rings. The maximum Gasteiger partial charge on any atom is 0.236 e. The molecule has 1 saturated heterocycles. The molecular formula is C24H32FN3O3. The van der Waals surface area contributed by atoms with E-state index >= 15 is 0 Å². The predicted molar refractivity (Wildman–Crippen MR) is 119 cm³/mol. The summed E-state index contributed by atoms with van der Waals surface area (Å²) in [6.45, 7) is 6.97. The summed E-state index contributed by atoms with van der Waals surface area (Å²) >= 11 is 0. The minimum atomic E-state index is -0.247. The molecule has 1 aliphatic rings. The van der Waals surface area contributed by atoms with Crippen LogP contribution in [-0.4, -0.2) is 74.6 Å². The molecule has 0 aliphatic carbocycles. The van der Waals surface area contributed by atoms with Crippen molar-refractivity contribution in [1.82, 2.24) is 14.7 Å². The highest BCUT2D eigenvalue weighted by Crippen LogP contribution is 2.31. The van der Waals surface area contributed by atoms with Crippen molar-refractivity contribution in [3.05, 3.63) is 58.9 Å². The highest BCUT2D eigenvalue weighted by atomic mass is 19.1. The highest BCUT2D eigenvalue weighted by Gasteiger charge is 2.22. The van der Waals surface area contributed by atoms with Crippen LogP contribution in [0.4, 0.5) is 4.39 Å². The zero-order valence-electron chi connectivity index (χ0n) is 18.9. The Labute approximate surface area is 184 Å². The van der Waals surface area contributed by atoms with E-state index in [-0.39, 0.29) is 11.7 Å². The van der Waals surface area contributed by atoms with E-state index in [9.17, 15) is 9.18 Å². The average molecular weight is 430 g/mol. The lowest BCUT2D eigenvalue weighted by molar-refractivity contribution is -0.134. The molecule has 31 heavy (non-hydrogen) atoms. The van der Waals surface area contributed by atoms with Crippen molar-refractivity contribution in [1.29, 1.82) is 0 Å². The Balaban J connectivity index is 1.49. The summed E-state index contributed by atoms with van der Waals surface area (Å²) in [5, 5.41) is 0. The summed E-state index contributed by atoms with van der Waals surface area (Å²) in [5.41, 5.74) is 3.36. The van der Waals surface area contributed by atoms with Crippen LogP contribution in [0.3, 0.4) is 0 Å². The van der Waals surface area contributed by atoms with Crippen molar-refractivity contribution >= 4 is 5.91 Å². The summed E-state index contributed by atoms with van der Waals surface area (Å²) in [6.07, 6.45) is 0. The second-order valence-corrected chi connectivity index (χ2v) is 8.09. The lowest BCUT2D eigenvalue weighted by atomic mass is 10.1. The van der Waals surface area contributed by atoms with E-state index in [2.05, 4.69) is 11.8 Å². The molecule has 0 unspecified atom stereocenters. The van der Waals surface area contributed by atoms with Gasteiger partial charge in [0, 0.05) is 39.3 Å². The zero-order chi connectivity index (χ0) is 22.4. The second kappa shape index (κ2) is 10.6. The maximum atomic E-state index is 13.1. The second-order valence-electron chi connectivity index (χ2n) is 8.09. The van der Waals surface area contributed by atoms with E-state index in [1.165, 1.54) is 23.3 Å². The van der Waals surface area contributed by atoms with Crippen LogP contribution < -0.4 is 9.47 Å². The molecular weight excluding hydrogens is 397 g/mol. The van der Waals surface area contributed by atoms with E-state index < -0.39 is 0 Å². The Morgan fingerprint density at radius 1 is 1.03 bits per heavy atom. The van der Waals surface area contributed by atoms with Crippen LogP contribution in [0.1, 0.15) is 16.7 Å². The third-order valence-electron chi connectivity index (χ3n) is 5.73. The van der Waals surface area contributed by atoms with Crippen LogP contribution in [-0.2, 0) is 17.9 Å². The minimum absolute atomic E-state index is 0.131. The average Bonchev–Trinajstić information content (AvgIpc) is 2.76. The van der Waals surface area contributed by atoms with Gasteiger partial charge < -0.3 is 14.4 Å². The first-order valence-electron chi connectivity index (χ1n) is 10.5. The Hall–Kier alpha value is -2.64. The van der Waals surface area contributed by atoms with E-state index in [0.29, 0.717) is 13.1 Å². The summed E-state index contributed by atoms with van der Waals surface area (Å²) in [4.78, 5) is 19.0. The number of carbonyl (C=O) groups is 1. The molecule has 7 heteroatoms. The van der Waals surface area contributed by atoms with Crippen LogP contribution in [0, 0.1) is 12.7 Å². The van der Waals surface area contributed by atoms with Gasteiger partial charge in [0.15, 0.2) is 11.5 Å². The third kappa shape index (κ3) is 6.18. The number of likely N-dealkylation sites (N-methyl/N-ethyl adjacent to an activating group) is 1. The molecule has 3 rings (SSSR count). The van der Waals surface area contributed by atoms with Gasteiger partial charge in [0.05, 0.1) is 20.8 Å². The van der Waals surface area contributed by atoms with Crippen molar-refractivity contribution in [2.75, 3.05) is 54.0 Å². The molecule has 0 radical (unpaired) electrons. The van der Waals surface area contributed by atoms with Crippen LogP contribution in [0.25, 0.3) is 0 Å². The molecule has 1 amide bonds. The standard InChI is InChI=1S/C24H32FN3O3/c1-18-13-22(30-3)23(31-4)14-20(18)16-27-9-11-28(12-10-27)24(29)17-26(2)15-19-5-7-21(25)8-6-19/h5-8,13-14H,9-12,15-17H2,1-4H3. The molecule has 168 valence electrons. The van der Waals surface area contributed by atoms with Gasteiger partial charge in [0.1, 0.15) is 5.82 Å². The Morgan fingerprint density at radius 2 is 1.65 bits per heavy atom. The van der Waals surface area contributed by atoms with Gasteiger partial charge in [-0.3, -0.25) is 14.6 Å². The lowest BCUT2D eigenvalue weighted by Gasteiger charge is -2.35. The first-order chi connectivity index (χ1) is 14.9. The van der Waals surface area contributed by atoms with Crippen LogP contribution in [0.5, 0.6) is 11.5 Å². The molecule has 0 aromatic heterocycles. The fourth-order valence-electron chi connectivity index (χ4n) is 3.88. The number of carbonyl (C=O) groups excluding carboxylic acids is 1. The number of piperazine rings is 1. The largest absolute Gasteiger partial charge is 0.493 e. The molecule has 0 atom stereocenters. The van der Waals surface area contributed by atoms with E-state index in [0.717, 1.165) is 49.8 Å². The molecule has 1 aliphatic heterocycles. The number of rotatable bonds is 8. The van der Waals surface area contributed by atoms with Crippen molar-refractivity contribution < 1.29 is 18.7 Å². The summed E-state index contributed by atoms with van der Waals surface area (Å²) < 4.78 is 23.9. The van der Waals surface area contributed by atoms with Crippen LogP contribution in [0.15, 0.2) is 36.4 Å². The van der Waals surface area contributed by atoms with E-state index in [1.807, 2.05) is 29.0 Å². The summed E-state index contributed by atoms with van der Waals surface area (Å²) in [5.74, 6) is 1.36. The number of aryl methyl sites for hydroxylation is 1. The fourth-order valence-corrected chi connectivity index (χ4v) is 3.88. The molecule has 2 aromatic carbocycles. The molecule has 6 nitrogen and oxygen atoms in total. The number of hydrogen-bond acceptors (Lipinski definition) is 5. The van der Waals surface area contributed by atoms with Crippen molar-refractivity contribution in [2.24, 2.45) is 0 Å². The van der Waals surface area contributed by atoms with Crippen molar-refractivity contribution in [2.45, 2.75) is 20.0 Å². The minimum Gasteiger partial charge on any atom is -0.493 e. The number of benzene rings is 2. The Bertz CT molecular complexity index is 880. The van der Waals surface area contributed by atoms with E-state index in [1.54, 1.807) is 26.4 Å². The number of nitrogens with zero attached hydrogens (tertiary/aromatic N) is 3. The first kappa shape index (κ1) is 23.0. The third-order valence-corrected chi connectivity index (χ3v) is 5.73. The number of halogens is 1. The van der Waals surface area contributed by atoms with Gasteiger partial charge in [-0.25, -0.2) is 4.39 Å². The van der Waals surface area contributed by atoms with Gasteiger partial charge in [-0.1, -0.05) is 12.1 Å². The molecule has 0 saturated carbocycles. The number of ether oxygens (including phenoxy) is 2.